The Labute approximate surface area is 71.6 Å². The maximum Gasteiger partial charge on any atom is 0.120 e. The molecule has 0 aliphatic carbocycles. The average Bonchev–Trinajstić information content (AvgIpc) is 2.38. The molecule has 0 spiro atoms. The summed E-state index contributed by atoms with van der Waals surface area (Å²) in [6.07, 6.45) is 2.13. The summed E-state index contributed by atoms with van der Waals surface area (Å²) in [6, 6.07) is 3.42. The molecule has 0 aliphatic rings. The van der Waals surface area contributed by atoms with E-state index in [1.807, 2.05) is 0 Å². The molecule has 1 rings (SSSR count). The maximum absolute atomic E-state index is 8.51. The molecule has 4 heteroatoms. The van der Waals surface area contributed by atoms with Crippen LogP contribution in [0.3, 0.4) is 0 Å². The van der Waals surface area contributed by atoms with Crippen LogP contribution >= 0.6 is 12.4 Å². The predicted molar refractivity (Wildman–Crippen MR) is 44.6 cm³/mol. The molecule has 11 heavy (non-hydrogen) atoms. The largest absolute Gasteiger partial charge is 0.468 e. The summed E-state index contributed by atoms with van der Waals surface area (Å²) >= 11 is 0. The number of furan rings is 1. The van der Waals surface area contributed by atoms with Gasteiger partial charge in [-0.2, -0.15) is 0 Å². The van der Waals surface area contributed by atoms with E-state index in [4.69, 9.17) is 15.3 Å². The quantitative estimate of drug-likeness (QED) is 0.727. The molecule has 1 aromatic heterocycles. The molecule has 0 fully saturated rings. The molecular weight excluding hydrogens is 166 g/mol. The summed E-state index contributed by atoms with van der Waals surface area (Å²) in [4.78, 5) is 0. The fourth-order valence-corrected chi connectivity index (χ4v) is 0.784. The summed E-state index contributed by atoms with van der Waals surface area (Å²) in [5.74, 6) is 0.731. The molecule has 3 nitrogen and oxygen atoms in total. The van der Waals surface area contributed by atoms with Gasteiger partial charge in [-0.15, -0.1) is 12.4 Å². The van der Waals surface area contributed by atoms with Gasteiger partial charge in [0.25, 0.3) is 0 Å². The van der Waals surface area contributed by atoms with Gasteiger partial charge in [0, 0.05) is 6.61 Å². The Morgan fingerprint density at radius 1 is 1.64 bits per heavy atom. The number of aliphatic hydroxyl groups is 1. The van der Waals surface area contributed by atoms with Crippen molar-refractivity contribution in [1.82, 2.24) is 0 Å². The lowest BCUT2D eigenvalue weighted by molar-refractivity contribution is 0.268. The van der Waals surface area contributed by atoms with Crippen molar-refractivity contribution in [3.8, 4) is 0 Å². The second-order valence-corrected chi connectivity index (χ2v) is 2.13. The normalized spacial score (nSPS) is 12.2. The third kappa shape index (κ3) is 2.93. The number of hydrogen-bond acceptors (Lipinski definition) is 3. The molecule has 64 valence electrons. The van der Waals surface area contributed by atoms with Gasteiger partial charge in [-0.25, -0.2) is 0 Å². The van der Waals surface area contributed by atoms with E-state index in [1.165, 1.54) is 0 Å². The molecule has 0 saturated heterocycles. The Morgan fingerprint density at radius 2 is 2.36 bits per heavy atom. The zero-order chi connectivity index (χ0) is 7.40. The first-order valence-corrected chi connectivity index (χ1v) is 3.24. The monoisotopic (exact) mass is 177 g/mol. The van der Waals surface area contributed by atoms with E-state index in [-0.39, 0.29) is 25.1 Å². The van der Waals surface area contributed by atoms with E-state index in [0.717, 1.165) is 5.76 Å². The predicted octanol–water partition coefficient (Wildman–Crippen LogP) is 1.08. The smallest absolute Gasteiger partial charge is 0.120 e. The van der Waals surface area contributed by atoms with Crippen LogP contribution in [0.2, 0.25) is 0 Å². The Bertz CT molecular complexity index is 177. The standard InChI is InChI=1S/C7H11NO2.ClH/c8-6(3-4-9)7-2-1-5-10-7;/h1-2,5-6,9H,3-4,8H2;1H/t6-;/m1./s1. The van der Waals surface area contributed by atoms with Crippen molar-refractivity contribution in [2.75, 3.05) is 6.61 Å². The maximum atomic E-state index is 8.51. The minimum atomic E-state index is -0.167. The highest BCUT2D eigenvalue weighted by Gasteiger charge is 2.06. The van der Waals surface area contributed by atoms with Crippen molar-refractivity contribution < 1.29 is 9.52 Å². The second-order valence-electron chi connectivity index (χ2n) is 2.13. The van der Waals surface area contributed by atoms with Crippen LogP contribution in [0.25, 0.3) is 0 Å². The third-order valence-electron chi connectivity index (χ3n) is 1.35. The van der Waals surface area contributed by atoms with Gasteiger partial charge in [0.05, 0.1) is 12.3 Å². The second kappa shape index (κ2) is 5.18. The molecular formula is C7H12ClNO2. The van der Waals surface area contributed by atoms with Crippen LogP contribution in [0, 0.1) is 0 Å². The lowest BCUT2D eigenvalue weighted by atomic mass is 10.2. The van der Waals surface area contributed by atoms with Crippen molar-refractivity contribution >= 4 is 12.4 Å². The van der Waals surface area contributed by atoms with Gasteiger partial charge >= 0.3 is 0 Å². The van der Waals surface area contributed by atoms with E-state index >= 15 is 0 Å². The van der Waals surface area contributed by atoms with E-state index in [1.54, 1.807) is 18.4 Å². The summed E-state index contributed by atoms with van der Waals surface area (Å²) in [5, 5.41) is 8.51. The Morgan fingerprint density at radius 3 is 2.82 bits per heavy atom. The van der Waals surface area contributed by atoms with E-state index < -0.39 is 0 Å². The first-order chi connectivity index (χ1) is 4.84. The van der Waals surface area contributed by atoms with Crippen LogP contribution in [0.1, 0.15) is 18.2 Å². The van der Waals surface area contributed by atoms with Crippen LogP contribution in [0.4, 0.5) is 0 Å². The zero-order valence-corrected chi connectivity index (χ0v) is 6.88. The number of aliphatic hydroxyl groups excluding tert-OH is 1. The van der Waals surface area contributed by atoms with Gasteiger partial charge in [0.15, 0.2) is 0 Å². The van der Waals surface area contributed by atoms with Gasteiger partial charge in [-0.3, -0.25) is 0 Å². The fourth-order valence-electron chi connectivity index (χ4n) is 0.784. The third-order valence-corrected chi connectivity index (χ3v) is 1.35. The SMILES string of the molecule is Cl.N[C@H](CCO)c1ccco1. The Balaban J connectivity index is 0.000001000. The van der Waals surface area contributed by atoms with Crippen LogP contribution in [0.5, 0.6) is 0 Å². The van der Waals surface area contributed by atoms with Gasteiger partial charge in [0.2, 0.25) is 0 Å². The number of rotatable bonds is 3. The van der Waals surface area contributed by atoms with Gasteiger partial charge in [-0.1, -0.05) is 0 Å². The van der Waals surface area contributed by atoms with Crippen molar-refractivity contribution in [3.05, 3.63) is 24.2 Å². The minimum absolute atomic E-state index is 0. The lowest BCUT2D eigenvalue weighted by Gasteiger charge is -2.04. The highest BCUT2D eigenvalue weighted by molar-refractivity contribution is 5.85. The number of halogens is 1. The van der Waals surface area contributed by atoms with E-state index in [9.17, 15) is 0 Å². The molecule has 1 heterocycles. The van der Waals surface area contributed by atoms with Crippen molar-refractivity contribution in [2.45, 2.75) is 12.5 Å². The van der Waals surface area contributed by atoms with Crippen molar-refractivity contribution in [3.63, 3.8) is 0 Å². The fraction of sp³-hybridized carbons (Fsp3) is 0.429. The van der Waals surface area contributed by atoms with Crippen LogP contribution in [-0.2, 0) is 0 Å². The highest BCUT2D eigenvalue weighted by Crippen LogP contribution is 2.12. The summed E-state index contributed by atoms with van der Waals surface area (Å²) in [5.41, 5.74) is 5.60. The summed E-state index contributed by atoms with van der Waals surface area (Å²) in [7, 11) is 0. The highest BCUT2D eigenvalue weighted by atomic mass is 35.5. The summed E-state index contributed by atoms with van der Waals surface area (Å²) in [6.45, 7) is 0.0991. The molecule has 0 saturated carbocycles. The lowest BCUT2D eigenvalue weighted by Crippen LogP contribution is -2.10. The van der Waals surface area contributed by atoms with Crippen molar-refractivity contribution in [2.24, 2.45) is 5.73 Å². The van der Waals surface area contributed by atoms with Crippen molar-refractivity contribution in [1.29, 1.82) is 0 Å². The van der Waals surface area contributed by atoms with E-state index in [2.05, 4.69) is 0 Å². The Hall–Kier alpha value is -0.510. The van der Waals surface area contributed by atoms with Gasteiger partial charge in [-0.05, 0) is 18.6 Å². The van der Waals surface area contributed by atoms with E-state index in [0.29, 0.717) is 6.42 Å². The molecule has 0 unspecified atom stereocenters. The first kappa shape index (κ1) is 10.5. The molecule has 0 aromatic carbocycles. The Kier molecular flexibility index (Phi) is 4.94. The van der Waals surface area contributed by atoms with Crippen LogP contribution < -0.4 is 5.73 Å². The zero-order valence-electron chi connectivity index (χ0n) is 6.06. The number of hydrogen-bond donors (Lipinski definition) is 2. The van der Waals surface area contributed by atoms with Gasteiger partial charge in [0.1, 0.15) is 5.76 Å². The van der Waals surface area contributed by atoms with Gasteiger partial charge < -0.3 is 15.3 Å². The molecule has 3 N–H and O–H groups in total. The van der Waals surface area contributed by atoms with Crippen LogP contribution in [0.15, 0.2) is 22.8 Å². The molecule has 1 aromatic rings. The number of nitrogens with two attached hydrogens (primary N) is 1. The average molecular weight is 178 g/mol. The molecule has 1 atom stereocenters. The minimum Gasteiger partial charge on any atom is -0.468 e. The molecule has 0 radical (unpaired) electrons. The molecule has 0 bridgehead atoms. The summed E-state index contributed by atoms with van der Waals surface area (Å²) < 4.78 is 5.01. The topological polar surface area (TPSA) is 59.4 Å². The molecule has 0 amide bonds. The molecule has 0 aliphatic heterocycles. The van der Waals surface area contributed by atoms with Crippen LogP contribution in [-0.4, -0.2) is 11.7 Å². The first-order valence-electron chi connectivity index (χ1n) is 3.24.